The van der Waals surface area contributed by atoms with Gasteiger partial charge in [0.15, 0.2) is 0 Å². The van der Waals surface area contributed by atoms with Crippen molar-refractivity contribution in [2.75, 3.05) is 58.3 Å². The highest BCUT2D eigenvalue weighted by atomic mass is 32.1. The number of nitrogens with one attached hydrogen (secondary N) is 1. The number of unbranched alkanes of at least 4 members (excludes halogenated alkanes) is 12. The summed E-state index contributed by atoms with van der Waals surface area (Å²) in [5.74, 6) is -0.585. The maximum atomic E-state index is 14.3. The zero-order chi connectivity index (χ0) is 62.6. The monoisotopic (exact) mass is 1220 g/mol. The van der Waals surface area contributed by atoms with Gasteiger partial charge in [0.05, 0.1) is 80.4 Å². The molecule has 0 bridgehead atoms. The Kier molecular flexibility index (Phi) is 29.8. The Morgan fingerprint density at radius 2 is 0.818 bits per heavy atom. The Morgan fingerprint density at radius 3 is 1.26 bits per heavy atom. The number of anilines is 1. The Hall–Kier alpha value is -9.30. The number of fused-ring (bicyclic) bond motifs is 2. The van der Waals surface area contributed by atoms with Crippen LogP contribution in [0.3, 0.4) is 0 Å². The van der Waals surface area contributed by atoms with Crippen molar-refractivity contribution in [3.8, 4) is 34.5 Å². The summed E-state index contributed by atoms with van der Waals surface area (Å²) in [7, 11) is 0. The number of thiazole rings is 1. The maximum Gasteiger partial charge on any atom is 0.343 e. The lowest BCUT2D eigenvalue weighted by atomic mass is 10.0. The van der Waals surface area contributed by atoms with Crippen LogP contribution < -0.4 is 33.8 Å². The van der Waals surface area contributed by atoms with Gasteiger partial charge in [0, 0.05) is 40.6 Å². The van der Waals surface area contributed by atoms with Crippen LogP contribution in [-0.2, 0) is 38.1 Å². The van der Waals surface area contributed by atoms with E-state index < -0.39 is 35.8 Å². The van der Waals surface area contributed by atoms with Crippen LogP contribution in [0.1, 0.15) is 129 Å². The van der Waals surface area contributed by atoms with Crippen LogP contribution in [0.4, 0.5) is 5.13 Å². The molecule has 0 saturated carbocycles. The van der Waals surface area contributed by atoms with E-state index in [0.29, 0.717) is 110 Å². The third-order valence-corrected chi connectivity index (χ3v) is 14.1. The molecule has 20 heteroatoms. The first-order valence-corrected chi connectivity index (χ1v) is 30.4. The topological polar surface area (TPSA) is 232 Å². The number of carbonyl (C=O) groups excluding carboxylic acids is 6. The molecule has 0 fully saturated rings. The van der Waals surface area contributed by atoms with E-state index in [-0.39, 0.29) is 28.2 Å². The number of esters is 6. The number of carbonyl (C=O) groups is 6. The maximum absolute atomic E-state index is 14.3. The Morgan fingerprint density at radius 1 is 0.432 bits per heavy atom. The van der Waals surface area contributed by atoms with Crippen molar-refractivity contribution in [1.29, 1.82) is 0 Å². The molecule has 5 aromatic carbocycles. The first-order chi connectivity index (χ1) is 43.0. The molecule has 1 N–H and O–H groups in total. The fourth-order valence-corrected chi connectivity index (χ4v) is 9.40. The van der Waals surface area contributed by atoms with E-state index in [0.717, 1.165) is 119 Å². The summed E-state index contributed by atoms with van der Waals surface area (Å²) < 4.78 is 57.8. The third-order valence-electron chi connectivity index (χ3n) is 13.2. The first kappa shape index (κ1) is 67.8. The predicted molar refractivity (Wildman–Crippen MR) is 338 cm³/mol. The molecule has 19 nitrogen and oxygen atoms in total. The van der Waals surface area contributed by atoms with Crippen LogP contribution in [0.25, 0.3) is 21.0 Å². The number of nitrogens with zero attached hydrogens (tertiary/aromatic N) is 2. The van der Waals surface area contributed by atoms with E-state index in [1.54, 1.807) is 72.8 Å². The second kappa shape index (κ2) is 38.7. The standard InChI is InChI=1S/C68H77N3O16S/c1-5-61(72)82-41-21-13-9-17-37-78-52-29-25-49(26-30-52)66(76)86-59-45-51(48-69-71-68-70-58-36-34-55(47-60(58)88-68)81-40-20-12-16-24-44-85-64(75)8-4)65(57-46-54(33-35-56(57)59)80-39-19-11-15-23-43-84-63(74)7-3)87-67(77)50-27-31-53(32-28-50)79-38-18-10-14-22-42-83-62(73)6-2/h5-8,25-36,45-48H,1-4,9-24,37-44H2,(H,70,71)/b69-48+. The summed E-state index contributed by atoms with van der Waals surface area (Å²) in [5.41, 5.74) is 4.49. The molecule has 466 valence electrons. The molecule has 6 rings (SSSR count). The van der Waals surface area contributed by atoms with Crippen molar-refractivity contribution in [3.63, 3.8) is 0 Å². The van der Waals surface area contributed by atoms with Crippen LogP contribution in [0.15, 0.2) is 147 Å². The van der Waals surface area contributed by atoms with Crippen molar-refractivity contribution >= 4 is 79.5 Å². The molecule has 0 saturated heterocycles. The van der Waals surface area contributed by atoms with Gasteiger partial charge in [-0.05, 0) is 194 Å². The van der Waals surface area contributed by atoms with Crippen molar-refractivity contribution in [1.82, 2.24) is 4.98 Å². The zero-order valence-electron chi connectivity index (χ0n) is 49.7. The quantitative estimate of drug-likeness (QED) is 0.00713. The van der Waals surface area contributed by atoms with Gasteiger partial charge in [-0.25, -0.2) is 33.8 Å². The average Bonchev–Trinajstić information content (AvgIpc) is 1.13. The highest BCUT2D eigenvalue weighted by Crippen LogP contribution is 2.40. The lowest BCUT2D eigenvalue weighted by Crippen LogP contribution is -2.12. The van der Waals surface area contributed by atoms with Crippen LogP contribution in [-0.4, -0.2) is 99.9 Å². The summed E-state index contributed by atoms with van der Waals surface area (Å²) in [5, 5.41) is 5.85. The zero-order valence-corrected chi connectivity index (χ0v) is 50.5. The minimum atomic E-state index is -0.688. The van der Waals surface area contributed by atoms with Gasteiger partial charge in [-0.1, -0.05) is 37.7 Å². The van der Waals surface area contributed by atoms with E-state index >= 15 is 0 Å². The van der Waals surface area contributed by atoms with Crippen LogP contribution >= 0.6 is 11.3 Å². The fourth-order valence-electron chi connectivity index (χ4n) is 8.55. The number of hydrogen-bond donors (Lipinski definition) is 1. The number of aromatic nitrogens is 1. The summed E-state index contributed by atoms with van der Waals surface area (Å²) in [6, 6.07) is 25.6. The van der Waals surface area contributed by atoms with Crippen molar-refractivity contribution < 1.29 is 76.1 Å². The highest BCUT2D eigenvalue weighted by molar-refractivity contribution is 7.22. The number of benzene rings is 5. The minimum Gasteiger partial charge on any atom is -0.494 e. The van der Waals surface area contributed by atoms with Gasteiger partial charge in [-0.3, -0.25) is 5.43 Å². The molecule has 0 aliphatic rings. The molecule has 1 aromatic heterocycles. The van der Waals surface area contributed by atoms with Gasteiger partial charge in [-0.15, -0.1) is 0 Å². The van der Waals surface area contributed by atoms with Crippen LogP contribution in [0.2, 0.25) is 0 Å². The highest BCUT2D eigenvalue weighted by Gasteiger charge is 2.22. The Bertz CT molecular complexity index is 3300. The van der Waals surface area contributed by atoms with Gasteiger partial charge in [0.25, 0.3) is 0 Å². The van der Waals surface area contributed by atoms with Crippen molar-refractivity contribution in [3.05, 3.63) is 158 Å². The van der Waals surface area contributed by atoms with Gasteiger partial charge >= 0.3 is 35.8 Å². The molecule has 0 spiro atoms. The third kappa shape index (κ3) is 24.2. The van der Waals surface area contributed by atoms with Crippen LogP contribution in [0, 0.1) is 0 Å². The summed E-state index contributed by atoms with van der Waals surface area (Å²) in [6.45, 7) is 16.7. The van der Waals surface area contributed by atoms with Crippen molar-refractivity contribution in [2.24, 2.45) is 5.10 Å². The summed E-state index contributed by atoms with van der Waals surface area (Å²) in [4.78, 5) is 78.4. The molecule has 0 radical (unpaired) electrons. The van der Waals surface area contributed by atoms with E-state index in [1.165, 1.54) is 17.6 Å². The molecule has 1 heterocycles. The molecule has 0 unspecified atom stereocenters. The molecule has 0 amide bonds. The Labute approximate surface area is 517 Å². The average molecular weight is 1220 g/mol. The second-order valence-corrected chi connectivity index (χ2v) is 20.9. The molecular formula is C68H77N3O16S. The van der Waals surface area contributed by atoms with E-state index in [2.05, 4.69) is 36.8 Å². The minimum absolute atomic E-state index is 0.101. The second-order valence-electron chi connectivity index (χ2n) is 19.9. The number of hydrogen-bond acceptors (Lipinski definition) is 20. The summed E-state index contributed by atoms with van der Waals surface area (Å²) in [6.07, 6.45) is 18.9. The van der Waals surface area contributed by atoms with Crippen molar-refractivity contribution in [2.45, 2.75) is 103 Å². The summed E-state index contributed by atoms with van der Waals surface area (Å²) >= 11 is 1.36. The van der Waals surface area contributed by atoms with E-state index in [1.807, 2.05) is 18.2 Å². The molecule has 88 heavy (non-hydrogen) atoms. The first-order valence-electron chi connectivity index (χ1n) is 29.6. The number of hydrazone groups is 1. The van der Waals surface area contributed by atoms with Gasteiger partial charge in [-0.2, -0.15) is 5.10 Å². The van der Waals surface area contributed by atoms with E-state index in [9.17, 15) is 28.8 Å². The lowest BCUT2D eigenvalue weighted by molar-refractivity contribution is -0.138. The largest absolute Gasteiger partial charge is 0.494 e. The normalized spacial score (nSPS) is 10.9. The molecular weight excluding hydrogens is 1150 g/mol. The SMILES string of the molecule is C=CC(=O)OCCCCCCOc1ccc(C(=O)Oc2cc(/C=N/Nc3nc4ccc(OCCCCCCOC(=O)C=C)cc4s3)c(OC(=O)c3ccc(OCCCCCCOC(=O)C=C)cc3)c3cc(OCCCCCCOC(=O)C=C)ccc23)cc1. The number of ether oxygens (including phenoxy) is 10. The van der Waals surface area contributed by atoms with Gasteiger partial charge in [0.2, 0.25) is 5.13 Å². The predicted octanol–water partition coefficient (Wildman–Crippen LogP) is 14.0. The van der Waals surface area contributed by atoms with Gasteiger partial charge in [0.1, 0.15) is 34.5 Å². The fraction of sp³-hybridized carbons (Fsp3) is 0.353. The number of rotatable bonds is 43. The molecule has 0 aliphatic carbocycles. The van der Waals surface area contributed by atoms with E-state index in [4.69, 9.17) is 52.4 Å². The van der Waals surface area contributed by atoms with Gasteiger partial charge < -0.3 is 47.4 Å². The smallest absolute Gasteiger partial charge is 0.343 e. The van der Waals surface area contributed by atoms with Crippen LogP contribution in [0.5, 0.6) is 34.5 Å². The molecule has 6 aromatic rings. The molecule has 0 atom stereocenters. The molecule has 0 aliphatic heterocycles. The Balaban J connectivity index is 1.22. The lowest BCUT2D eigenvalue weighted by Gasteiger charge is -2.16.